The molecule has 192 valence electrons. The van der Waals surface area contributed by atoms with Crippen molar-refractivity contribution in [1.82, 2.24) is 9.88 Å². The Morgan fingerprint density at radius 3 is 2.50 bits per heavy atom. The summed E-state index contributed by atoms with van der Waals surface area (Å²) in [7, 11) is 1.94. The molecular weight excluding hydrogens is 478 g/mol. The van der Waals surface area contributed by atoms with Gasteiger partial charge in [0.2, 0.25) is 5.91 Å². The van der Waals surface area contributed by atoms with Gasteiger partial charge in [0.15, 0.2) is 0 Å². The van der Waals surface area contributed by atoms with Crippen LogP contribution in [0.25, 0.3) is 10.9 Å². The second-order valence-corrected chi connectivity index (χ2v) is 10.0. The summed E-state index contributed by atoms with van der Waals surface area (Å²) in [6.07, 6.45) is 5.67. The highest BCUT2D eigenvalue weighted by Gasteiger charge is 2.31. The van der Waals surface area contributed by atoms with Crippen LogP contribution in [0.3, 0.4) is 0 Å². The molecule has 38 heavy (non-hydrogen) atoms. The minimum atomic E-state index is -0.251. The van der Waals surface area contributed by atoms with Crippen LogP contribution in [-0.4, -0.2) is 41.2 Å². The van der Waals surface area contributed by atoms with E-state index in [4.69, 9.17) is 0 Å². The monoisotopic (exact) mass is 507 g/mol. The number of nitriles is 1. The average Bonchev–Trinajstić information content (AvgIpc) is 3.25. The zero-order valence-corrected chi connectivity index (χ0v) is 21.5. The lowest BCUT2D eigenvalue weighted by Gasteiger charge is -2.30. The molecule has 5 rings (SSSR count). The zero-order valence-electron chi connectivity index (χ0n) is 21.5. The number of hydrogen-bond acceptors (Lipinski definition) is 6. The molecule has 0 spiro atoms. The molecule has 1 fully saturated rings. The van der Waals surface area contributed by atoms with Crippen LogP contribution in [0.5, 0.6) is 0 Å². The van der Waals surface area contributed by atoms with Gasteiger partial charge in [0, 0.05) is 48.4 Å². The molecule has 1 aliphatic heterocycles. The highest BCUT2D eigenvalue weighted by Crippen LogP contribution is 2.35. The van der Waals surface area contributed by atoms with Crippen molar-refractivity contribution < 1.29 is 14.4 Å². The largest absolute Gasteiger partial charge is 0.344 e. The first-order chi connectivity index (χ1) is 18.3. The molecule has 8 nitrogen and oxygen atoms in total. The third kappa shape index (κ3) is 5.00. The van der Waals surface area contributed by atoms with E-state index in [0.717, 1.165) is 59.2 Å². The highest BCUT2D eigenvalue weighted by atomic mass is 16.2. The lowest BCUT2D eigenvalue weighted by molar-refractivity contribution is -0.138. The van der Waals surface area contributed by atoms with E-state index in [0.29, 0.717) is 12.2 Å². The van der Waals surface area contributed by atoms with Crippen molar-refractivity contribution in [3.8, 4) is 6.07 Å². The second-order valence-electron chi connectivity index (χ2n) is 10.0. The molecule has 3 amide bonds. The number of pyridine rings is 1. The van der Waals surface area contributed by atoms with Crippen molar-refractivity contribution in [2.45, 2.75) is 32.6 Å². The first kappa shape index (κ1) is 25.2. The minimum absolute atomic E-state index is 0.0116. The SMILES string of the molecule is Cc1ccc(N(C)c2cc(C#N)nc3ccccc23)cc1NC(=O)C1CCC(CN2C(=O)C=CC2=O)CC1. The van der Waals surface area contributed by atoms with Crippen LogP contribution in [0, 0.1) is 30.1 Å². The average molecular weight is 508 g/mol. The Morgan fingerprint density at radius 1 is 1.08 bits per heavy atom. The quantitative estimate of drug-likeness (QED) is 0.478. The fourth-order valence-electron chi connectivity index (χ4n) is 5.30. The maximum absolute atomic E-state index is 13.2. The normalized spacial score (nSPS) is 19.0. The summed E-state index contributed by atoms with van der Waals surface area (Å²) in [4.78, 5) is 44.6. The van der Waals surface area contributed by atoms with Crippen LogP contribution in [0.2, 0.25) is 0 Å². The fraction of sp³-hybridized carbons (Fsp3) is 0.300. The van der Waals surface area contributed by atoms with Crippen molar-refractivity contribution in [1.29, 1.82) is 5.26 Å². The van der Waals surface area contributed by atoms with Crippen LogP contribution in [0.15, 0.2) is 60.7 Å². The van der Waals surface area contributed by atoms with Crippen LogP contribution < -0.4 is 10.2 Å². The molecule has 1 saturated carbocycles. The van der Waals surface area contributed by atoms with Crippen molar-refractivity contribution in [2.24, 2.45) is 11.8 Å². The number of amides is 3. The van der Waals surface area contributed by atoms with E-state index in [1.165, 1.54) is 17.1 Å². The number of benzene rings is 2. The summed E-state index contributed by atoms with van der Waals surface area (Å²) in [6, 6.07) is 17.6. The Balaban J connectivity index is 1.28. The third-order valence-corrected chi connectivity index (χ3v) is 7.60. The summed E-state index contributed by atoms with van der Waals surface area (Å²) in [5, 5.41) is 13.5. The Hall–Kier alpha value is -4.51. The number of carbonyl (C=O) groups is 3. The van der Waals surface area contributed by atoms with Gasteiger partial charge in [0.1, 0.15) is 11.8 Å². The van der Waals surface area contributed by atoms with Crippen molar-refractivity contribution in [2.75, 3.05) is 23.8 Å². The molecule has 2 aromatic carbocycles. The predicted octanol–water partition coefficient (Wildman–Crippen LogP) is 4.85. The number of nitrogens with one attached hydrogen (secondary N) is 1. The van der Waals surface area contributed by atoms with Crippen molar-refractivity contribution in [3.63, 3.8) is 0 Å². The molecule has 0 unspecified atom stereocenters. The Labute approximate surface area is 221 Å². The van der Waals surface area contributed by atoms with E-state index in [1.807, 2.05) is 61.3 Å². The number of para-hydroxylation sites is 1. The molecule has 3 aromatic rings. The molecule has 1 aliphatic carbocycles. The molecule has 1 aromatic heterocycles. The minimum Gasteiger partial charge on any atom is -0.344 e. The summed E-state index contributed by atoms with van der Waals surface area (Å²) < 4.78 is 0. The van der Waals surface area contributed by atoms with Gasteiger partial charge in [-0.15, -0.1) is 0 Å². The van der Waals surface area contributed by atoms with Crippen LogP contribution in [0.1, 0.15) is 36.9 Å². The molecule has 1 N–H and O–H groups in total. The number of carbonyl (C=O) groups excluding carboxylic acids is 3. The number of hydrogen-bond donors (Lipinski definition) is 1. The smallest absolute Gasteiger partial charge is 0.253 e. The Bertz CT molecular complexity index is 1480. The molecule has 8 heteroatoms. The number of imide groups is 1. The first-order valence-corrected chi connectivity index (χ1v) is 12.8. The van der Waals surface area contributed by atoms with Crippen LogP contribution in [-0.2, 0) is 14.4 Å². The lowest BCUT2D eigenvalue weighted by Crippen LogP contribution is -2.37. The Morgan fingerprint density at radius 2 is 1.79 bits per heavy atom. The third-order valence-electron chi connectivity index (χ3n) is 7.60. The molecule has 0 saturated heterocycles. The number of aromatic nitrogens is 1. The van der Waals surface area contributed by atoms with E-state index in [-0.39, 0.29) is 29.6 Å². The summed E-state index contributed by atoms with van der Waals surface area (Å²) in [5.41, 5.74) is 4.54. The molecule has 0 atom stereocenters. The predicted molar refractivity (Wildman–Crippen MR) is 146 cm³/mol. The molecule has 2 aliphatic rings. The number of nitrogens with zero attached hydrogens (tertiary/aromatic N) is 4. The van der Waals surface area contributed by atoms with Crippen molar-refractivity contribution in [3.05, 3.63) is 71.9 Å². The molecule has 0 bridgehead atoms. The maximum atomic E-state index is 13.2. The Kier molecular flexibility index (Phi) is 6.93. The number of anilines is 3. The number of rotatable bonds is 6. The van der Waals surface area contributed by atoms with Gasteiger partial charge >= 0.3 is 0 Å². The highest BCUT2D eigenvalue weighted by molar-refractivity contribution is 6.12. The van der Waals surface area contributed by atoms with E-state index >= 15 is 0 Å². The molecule has 2 heterocycles. The van der Waals surface area contributed by atoms with Crippen molar-refractivity contribution >= 4 is 45.7 Å². The van der Waals surface area contributed by atoms with Gasteiger partial charge in [-0.3, -0.25) is 19.3 Å². The standard InChI is InChI=1S/C30H29N5O3/c1-19-7-12-23(34(2)27-15-22(17-31)32-25-6-4-3-5-24(25)27)16-26(19)33-30(38)21-10-8-20(9-11-21)18-35-28(36)13-14-29(35)37/h3-7,12-16,20-21H,8-11,18H2,1-2H3,(H,33,38). The number of aryl methyl sites for hydroxylation is 1. The maximum Gasteiger partial charge on any atom is 0.253 e. The molecular formula is C30H29N5O3. The van der Waals surface area contributed by atoms with Gasteiger partial charge in [-0.05, 0) is 68.4 Å². The van der Waals surface area contributed by atoms with Gasteiger partial charge in [-0.1, -0.05) is 24.3 Å². The van der Waals surface area contributed by atoms with Gasteiger partial charge in [-0.2, -0.15) is 5.26 Å². The summed E-state index contributed by atoms with van der Waals surface area (Å²) in [6.45, 7) is 2.38. The summed E-state index contributed by atoms with van der Waals surface area (Å²) in [5.74, 6) is -0.406. The van der Waals surface area contributed by atoms with Gasteiger partial charge < -0.3 is 10.2 Å². The number of fused-ring (bicyclic) bond motifs is 1. The van der Waals surface area contributed by atoms with Gasteiger partial charge in [-0.25, -0.2) is 4.98 Å². The topological polar surface area (TPSA) is 106 Å². The summed E-state index contributed by atoms with van der Waals surface area (Å²) >= 11 is 0. The second kappa shape index (κ2) is 10.5. The van der Waals surface area contributed by atoms with Crippen LogP contribution in [0.4, 0.5) is 17.1 Å². The zero-order chi connectivity index (χ0) is 26.8. The van der Waals surface area contributed by atoms with E-state index in [9.17, 15) is 19.6 Å². The fourth-order valence-corrected chi connectivity index (χ4v) is 5.30. The van der Waals surface area contributed by atoms with Crippen LogP contribution >= 0.6 is 0 Å². The van der Waals surface area contributed by atoms with Gasteiger partial charge in [0.25, 0.3) is 11.8 Å². The van der Waals surface area contributed by atoms with Gasteiger partial charge in [0.05, 0.1) is 11.2 Å². The van der Waals surface area contributed by atoms with E-state index < -0.39 is 0 Å². The lowest BCUT2D eigenvalue weighted by atomic mass is 9.81. The van der Waals surface area contributed by atoms with E-state index in [2.05, 4.69) is 16.4 Å². The first-order valence-electron chi connectivity index (χ1n) is 12.8. The van der Waals surface area contributed by atoms with E-state index in [1.54, 1.807) is 6.07 Å². The molecule has 0 radical (unpaired) electrons.